The van der Waals surface area contributed by atoms with Crippen LogP contribution in [0.3, 0.4) is 0 Å². The summed E-state index contributed by atoms with van der Waals surface area (Å²) < 4.78 is 5.17. The first-order chi connectivity index (χ1) is 9.44. The van der Waals surface area contributed by atoms with Crippen molar-refractivity contribution in [2.75, 3.05) is 7.11 Å². The number of benzene rings is 1. The van der Waals surface area contributed by atoms with Crippen LogP contribution in [0.4, 0.5) is 0 Å². The first-order valence-electron chi connectivity index (χ1n) is 7.45. The normalized spacial score (nSPS) is 19.9. The molecule has 0 aromatic heterocycles. The molecule has 1 aromatic rings. The SMILES string of the molecule is COc1ccc(CC(O)C2=C(C)CCCC2(C)C)cc1. The highest BCUT2D eigenvalue weighted by Crippen LogP contribution is 2.42. The Hall–Kier alpha value is -1.28. The molecule has 0 fully saturated rings. The van der Waals surface area contributed by atoms with E-state index in [1.165, 1.54) is 24.0 Å². The van der Waals surface area contributed by atoms with Crippen molar-refractivity contribution < 1.29 is 9.84 Å². The smallest absolute Gasteiger partial charge is 0.118 e. The minimum Gasteiger partial charge on any atom is -0.497 e. The van der Waals surface area contributed by atoms with Crippen molar-refractivity contribution in [3.63, 3.8) is 0 Å². The van der Waals surface area contributed by atoms with Gasteiger partial charge in [0.05, 0.1) is 13.2 Å². The lowest BCUT2D eigenvalue weighted by atomic mass is 9.70. The third-order valence-corrected chi connectivity index (χ3v) is 4.46. The molecule has 1 aromatic carbocycles. The zero-order chi connectivity index (χ0) is 14.8. The van der Waals surface area contributed by atoms with Crippen molar-refractivity contribution in [3.8, 4) is 5.75 Å². The van der Waals surface area contributed by atoms with Crippen molar-refractivity contribution >= 4 is 0 Å². The average Bonchev–Trinajstić information content (AvgIpc) is 2.38. The minimum atomic E-state index is -0.376. The maximum absolute atomic E-state index is 10.7. The molecule has 0 radical (unpaired) electrons. The molecular weight excluding hydrogens is 248 g/mol. The molecule has 1 atom stereocenters. The lowest BCUT2D eigenvalue weighted by Gasteiger charge is -2.37. The van der Waals surface area contributed by atoms with Gasteiger partial charge in [-0.3, -0.25) is 0 Å². The second kappa shape index (κ2) is 6.01. The molecule has 1 aliphatic rings. The number of hydrogen-bond acceptors (Lipinski definition) is 2. The number of allylic oxidation sites excluding steroid dienone is 1. The van der Waals surface area contributed by atoms with Gasteiger partial charge in [0.1, 0.15) is 5.75 Å². The van der Waals surface area contributed by atoms with Crippen LogP contribution in [-0.4, -0.2) is 18.3 Å². The van der Waals surface area contributed by atoms with E-state index in [0.717, 1.165) is 17.7 Å². The van der Waals surface area contributed by atoms with E-state index in [-0.39, 0.29) is 11.5 Å². The van der Waals surface area contributed by atoms with Crippen LogP contribution in [0, 0.1) is 5.41 Å². The number of aliphatic hydroxyl groups excluding tert-OH is 1. The van der Waals surface area contributed by atoms with E-state index in [2.05, 4.69) is 20.8 Å². The van der Waals surface area contributed by atoms with Gasteiger partial charge in [0, 0.05) is 6.42 Å². The molecule has 1 N–H and O–H groups in total. The van der Waals surface area contributed by atoms with Crippen LogP contribution in [0.2, 0.25) is 0 Å². The van der Waals surface area contributed by atoms with Gasteiger partial charge < -0.3 is 9.84 Å². The van der Waals surface area contributed by atoms with Crippen molar-refractivity contribution in [3.05, 3.63) is 41.0 Å². The summed E-state index contributed by atoms with van der Waals surface area (Å²) in [6.45, 7) is 6.68. The van der Waals surface area contributed by atoms with E-state index in [4.69, 9.17) is 4.74 Å². The van der Waals surface area contributed by atoms with Crippen LogP contribution >= 0.6 is 0 Å². The predicted octanol–water partition coefficient (Wildman–Crippen LogP) is 4.13. The molecule has 2 rings (SSSR count). The van der Waals surface area contributed by atoms with Crippen LogP contribution in [0.15, 0.2) is 35.4 Å². The van der Waals surface area contributed by atoms with Gasteiger partial charge >= 0.3 is 0 Å². The summed E-state index contributed by atoms with van der Waals surface area (Å²) in [5, 5.41) is 10.7. The highest BCUT2D eigenvalue weighted by Gasteiger charge is 2.32. The Morgan fingerprint density at radius 3 is 2.45 bits per heavy atom. The van der Waals surface area contributed by atoms with E-state index >= 15 is 0 Å². The maximum Gasteiger partial charge on any atom is 0.118 e. The molecule has 1 unspecified atom stereocenters. The van der Waals surface area contributed by atoms with Crippen molar-refractivity contribution in [1.82, 2.24) is 0 Å². The predicted molar refractivity (Wildman–Crippen MR) is 83.0 cm³/mol. The van der Waals surface area contributed by atoms with Gasteiger partial charge in [0.2, 0.25) is 0 Å². The Morgan fingerprint density at radius 1 is 1.25 bits per heavy atom. The third kappa shape index (κ3) is 3.24. The fourth-order valence-electron chi connectivity index (χ4n) is 3.46. The summed E-state index contributed by atoms with van der Waals surface area (Å²) >= 11 is 0. The van der Waals surface area contributed by atoms with Gasteiger partial charge in [0.25, 0.3) is 0 Å². The third-order valence-electron chi connectivity index (χ3n) is 4.46. The summed E-state index contributed by atoms with van der Waals surface area (Å²) in [5.41, 5.74) is 3.90. The Morgan fingerprint density at radius 2 is 1.90 bits per heavy atom. The molecule has 0 aliphatic heterocycles. The highest BCUT2D eigenvalue weighted by molar-refractivity contribution is 5.31. The van der Waals surface area contributed by atoms with Gasteiger partial charge in [-0.2, -0.15) is 0 Å². The molecule has 0 spiro atoms. The zero-order valence-corrected chi connectivity index (χ0v) is 13.1. The van der Waals surface area contributed by atoms with Gasteiger partial charge in [0.15, 0.2) is 0 Å². The molecule has 2 heteroatoms. The Kier molecular flexibility index (Phi) is 4.54. The van der Waals surface area contributed by atoms with Crippen LogP contribution in [-0.2, 0) is 6.42 Å². The maximum atomic E-state index is 10.7. The Bertz CT molecular complexity index is 483. The fraction of sp³-hybridized carbons (Fsp3) is 0.556. The molecule has 0 saturated carbocycles. The lowest BCUT2D eigenvalue weighted by molar-refractivity contribution is 0.168. The average molecular weight is 274 g/mol. The monoisotopic (exact) mass is 274 g/mol. The number of aliphatic hydroxyl groups is 1. The standard InChI is InChI=1S/C18H26O2/c1-13-6-5-11-18(2,3)17(13)16(19)12-14-7-9-15(20-4)10-8-14/h7-10,16,19H,5-6,11-12H2,1-4H3. The summed E-state index contributed by atoms with van der Waals surface area (Å²) in [6.07, 6.45) is 3.83. The van der Waals surface area contributed by atoms with Gasteiger partial charge in [-0.15, -0.1) is 0 Å². The molecule has 0 amide bonds. The Balaban J connectivity index is 2.16. The van der Waals surface area contributed by atoms with Crippen LogP contribution in [0.1, 0.15) is 45.6 Å². The summed E-state index contributed by atoms with van der Waals surface area (Å²) in [6, 6.07) is 7.98. The van der Waals surface area contributed by atoms with Crippen molar-refractivity contribution in [1.29, 1.82) is 0 Å². The zero-order valence-electron chi connectivity index (χ0n) is 13.1. The first kappa shape index (κ1) is 15.1. The van der Waals surface area contributed by atoms with Gasteiger partial charge in [-0.1, -0.05) is 31.6 Å². The number of methoxy groups -OCH3 is 1. The molecule has 110 valence electrons. The number of rotatable bonds is 4. The topological polar surface area (TPSA) is 29.5 Å². The second-order valence-electron chi connectivity index (χ2n) is 6.50. The summed E-state index contributed by atoms with van der Waals surface area (Å²) in [7, 11) is 1.67. The first-order valence-corrected chi connectivity index (χ1v) is 7.45. The fourth-order valence-corrected chi connectivity index (χ4v) is 3.46. The number of ether oxygens (including phenoxy) is 1. The summed E-state index contributed by atoms with van der Waals surface area (Å²) in [5.74, 6) is 0.858. The van der Waals surface area contributed by atoms with E-state index in [0.29, 0.717) is 6.42 Å². The van der Waals surface area contributed by atoms with E-state index in [1.54, 1.807) is 7.11 Å². The quantitative estimate of drug-likeness (QED) is 0.837. The second-order valence-corrected chi connectivity index (χ2v) is 6.50. The molecule has 20 heavy (non-hydrogen) atoms. The molecule has 0 heterocycles. The number of hydrogen-bond donors (Lipinski definition) is 1. The minimum absolute atomic E-state index is 0.119. The molecular formula is C18H26O2. The van der Waals surface area contributed by atoms with E-state index in [1.807, 2.05) is 24.3 Å². The van der Waals surface area contributed by atoms with E-state index in [9.17, 15) is 5.11 Å². The van der Waals surface area contributed by atoms with Crippen LogP contribution < -0.4 is 4.74 Å². The summed E-state index contributed by atoms with van der Waals surface area (Å²) in [4.78, 5) is 0. The molecule has 0 saturated heterocycles. The molecule has 2 nitrogen and oxygen atoms in total. The van der Waals surface area contributed by atoms with Gasteiger partial charge in [-0.25, -0.2) is 0 Å². The lowest BCUT2D eigenvalue weighted by Crippen LogP contribution is -2.30. The van der Waals surface area contributed by atoms with Gasteiger partial charge in [-0.05, 0) is 54.9 Å². The van der Waals surface area contributed by atoms with Crippen molar-refractivity contribution in [2.45, 2.75) is 52.6 Å². The highest BCUT2D eigenvalue weighted by atomic mass is 16.5. The van der Waals surface area contributed by atoms with Crippen LogP contribution in [0.25, 0.3) is 0 Å². The molecule has 1 aliphatic carbocycles. The Labute approximate surface area is 122 Å². The molecule has 0 bridgehead atoms. The van der Waals surface area contributed by atoms with Crippen molar-refractivity contribution in [2.24, 2.45) is 5.41 Å². The van der Waals surface area contributed by atoms with E-state index < -0.39 is 0 Å². The largest absolute Gasteiger partial charge is 0.497 e. The van der Waals surface area contributed by atoms with Crippen LogP contribution in [0.5, 0.6) is 5.75 Å².